The average molecular weight is 428 g/mol. The third kappa shape index (κ3) is 3.99. The summed E-state index contributed by atoms with van der Waals surface area (Å²) in [6.45, 7) is 0.187. The minimum absolute atomic E-state index is 0.131. The molecule has 30 heavy (non-hydrogen) atoms. The number of methoxy groups -OCH3 is 2. The van der Waals surface area contributed by atoms with Gasteiger partial charge in [0.2, 0.25) is 12.6 Å². The Balaban J connectivity index is 1.48. The van der Waals surface area contributed by atoms with Gasteiger partial charge in [0, 0.05) is 24.6 Å². The summed E-state index contributed by atoms with van der Waals surface area (Å²) in [7, 11) is 4.85. The zero-order chi connectivity index (χ0) is 21.1. The third-order valence-corrected chi connectivity index (χ3v) is 5.57. The van der Waals surface area contributed by atoms with E-state index < -0.39 is 0 Å². The Hall–Kier alpha value is -3.40. The van der Waals surface area contributed by atoms with Gasteiger partial charge >= 0.3 is 0 Å². The Kier molecular flexibility index (Phi) is 5.66. The van der Waals surface area contributed by atoms with Gasteiger partial charge in [0.25, 0.3) is 5.56 Å². The molecule has 2 aromatic carbocycles. The van der Waals surface area contributed by atoms with Crippen molar-refractivity contribution in [1.82, 2.24) is 14.8 Å². The summed E-state index contributed by atoms with van der Waals surface area (Å²) < 4.78 is 22.7. The molecule has 1 aromatic heterocycles. The zero-order valence-corrected chi connectivity index (χ0v) is 17.5. The van der Waals surface area contributed by atoms with E-state index in [4.69, 9.17) is 18.9 Å². The van der Waals surface area contributed by atoms with Crippen molar-refractivity contribution < 1.29 is 18.9 Å². The minimum atomic E-state index is -0.280. The molecule has 0 unspecified atom stereocenters. The highest BCUT2D eigenvalue weighted by Gasteiger charge is 2.15. The molecule has 0 saturated carbocycles. The van der Waals surface area contributed by atoms with Crippen molar-refractivity contribution in [3.63, 3.8) is 0 Å². The number of hydrogen-bond donors (Lipinski definition) is 1. The van der Waals surface area contributed by atoms with Crippen LogP contribution in [0.25, 0.3) is 0 Å². The van der Waals surface area contributed by atoms with E-state index in [1.165, 1.54) is 16.3 Å². The first kappa shape index (κ1) is 19.9. The topological polar surface area (TPSA) is 96.7 Å². The fourth-order valence-corrected chi connectivity index (χ4v) is 3.73. The van der Waals surface area contributed by atoms with E-state index in [-0.39, 0.29) is 18.2 Å². The molecule has 1 aliphatic rings. The lowest BCUT2D eigenvalue weighted by Gasteiger charge is -2.11. The van der Waals surface area contributed by atoms with Crippen molar-refractivity contribution in [3.05, 3.63) is 52.3 Å². The number of aromatic nitrogens is 3. The molecule has 0 amide bonds. The smallest absolute Gasteiger partial charge is 0.297 e. The number of nitrogens with one attached hydrogen (secondary N) is 1. The molecule has 10 heteroatoms. The molecule has 0 aliphatic carbocycles. The van der Waals surface area contributed by atoms with Gasteiger partial charge in [0.15, 0.2) is 28.2 Å². The predicted molar refractivity (Wildman–Crippen MR) is 112 cm³/mol. The van der Waals surface area contributed by atoms with Gasteiger partial charge in [-0.1, -0.05) is 17.8 Å². The molecule has 1 aliphatic heterocycles. The van der Waals surface area contributed by atoms with Crippen molar-refractivity contribution in [1.29, 1.82) is 0 Å². The highest BCUT2D eigenvalue weighted by molar-refractivity contribution is 7.98. The van der Waals surface area contributed by atoms with Gasteiger partial charge in [-0.25, -0.2) is 0 Å². The number of thioether (sulfide) groups is 1. The van der Waals surface area contributed by atoms with Crippen LogP contribution in [0.5, 0.6) is 23.0 Å². The fraction of sp³-hybridized carbons (Fsp3) is 0.250. The second-order valence-corrected chi connectivity index (χ2v) is 7.31. The van der Waals surface area contributed by atoms with Crippen LogP contribution >= 0.6 is 11.8 Å². The molecule has 1 N–H and O–H groups in total. The molecule has 0 atom stereocenters. The molecule has 3 aromatic rings. The molecule has 156 valence electrons. The summed E-state index contributed by atoms with van der Waals surface area (Å²) in [6.07, 6.45) is 0. The Morgan fingerprint density at radius 2 is 1.87 bits per heavy atom. The van der Waals surface area contributed by atoms with Crippen LogP contribution in [0.3, 0.4) is 0 Å². The fourth-order valence-electron chi connectivity index (χ4n) is 2.88. The van der Waals surface area contributed by atoms with E-state index in [1.807, 2.05) is 18.2 Å². The Morgan fingerprint density at radius 3 is 2.67 bits per heavy atom. The highest BCUT2D eigenvalue weighted by Crippen LogP contribution is 2.35. The van der Waals surface area contributed by atoms with Gasteiger partial charge in [-0.05, 0) is 29.8 Å². The van der Waals surface area contributed by atoms with Crippen molar-refractivity contribution in [2.24, 2.45) is 7.05 Å². The van der Waals surface area contributed by atoms with Gasteiger partial charge in [0.1, 0.15) is 0 Å². The molecule has 0 fully saturated rings. The molecular weight excluding hydrogens is 408 g/mol. The second kappa shape index (κ2) is 8.54. The minimum Gasteiger partial charge on any atom is -0.493 e. The van der Waals surface area contributed by atoms with Crippen LogP contribution < -0.4 is 29.8 Å². The lowest BCUT2D eigenvalue weighted by atomic mass is 10.2. The number of nitrogens with zero attached hydrogens (tertiary/aromatic N) is 3. The first-order valence-corrected chi connectivity index (χ1v) is 10.0. The van der Waals surface area contributed by atoms with E-state index in [9.17, 15) is 4.79 Å². The predicted octanol–water partition coefficient (Wildman–Crippen LogP) is 2.96. The summed E-state index contributed by atoms with van der Waals surface area (Å²) in [5.74, 6) is 3.33. The quantitative estimate of drug-likeness (QED) is 0.570. The number of rotatable bonds is 7. The summed E-state index contributed by atoms with van der Waals surface area (Å²) >= 11 is 1.41. The summed E-state index contributed by atoms with van der Waals surface area (Å²) in [6, 6.07) is 11.0. The summed E-state index contributed by atoms with van der Waals surface area (Å²) in [5, 5.41) is 11.8. The van der Waals surface area contributed by atoms with Crippen molar-refractivity contribution >= 4 is 23.3 Å². The molecule has 0 radical (unpaired) electrons. The van der Waals surface area contributed by atoms with Gasteiger partial charge in [-0.15, -0.1) is 10.2 Å². The largest absolute Gasteiger partial charge is 0.493 e. The molecule has 0 bridgehead atoms. The number of fused-ring (bicyclic) bond motifs is 1. The Labute approximate surface area is 176 Å². The third-order valence-electron chi connectivity index (χ3n) is 4.48. The number of benzene rings is 2. The lowest BCUT2D eigenvalue weighted by molar-refractivity contribution is 0.174. The number of hydrogen-bond acceptors (Lipinski definition) is 9. The second-order valence-electron chi connectivity index (χ2n) is 6.37. The van der Waals surface area contributed by atoms with Gasteiger partial charge in [-0.3, -0.25) is 9.36 Å². The molecule has 9 nitrogen and oxygen atoms in total. The SMILES string of the molecule is COc1ccc(CSc2nnc(Nc3ccc4c(c3)OCO4)c(=O)n2C)cc1OC. The molecule has 0 spiro atoms. The van der Waals surface area contributed by atoms with E-state index in [1.54, 1.807) is 39.5 Å². The first-order valence-electron chi connectivity index (χ1n) is 9.03. The van der Waals surface area contributed by atoms with Crippen molar-refractivity contribution in [2.75, 3.05) is 26.3 Å². The molecule has 2 heterocycles. The molecule has 0 saturated heterocycles. The zero-order valence-electron chi connectivity index (χ0n) is 16.7. The maximum Gasteiger partial charge on any atom is 0.297 e. The molecule has 4 rings (SSSR count). The number of ether oxygens (including phenoxy) is 4. The highest BCUT2D eigenvalue weighted by atomic mass is 32.2. The monoisotopic (exact) mass is 428 g/mol. The Bertz CT molecular complexity index is 1130. The normalized spacial score (nSPS) is 12.0. The lowest BCUT2D eigenvalue weighted by Crippen LogP contribution is -2.24. The van der Waals surface area contributed by atoms with Crippen LogP contribution in [0.15, 0.2) is 46.3 Å². The number of anilines is 2. The van der Waals surface area contributed by atoms with Crippen LogP contribution in [-0.4, -0.2) is 35.8 Å². The van der Waals surface area contributed by atoms with Gasteiger partial charge in [0.05, 0.1) is 14.2 Å². The van der Waals surface area contributed by atoms with Crippen LogP contribution in [0.1, 0.15) is 5.56 Å². The van der Waals surface area contributed by atoms with E-state index in [2.05, 4.69) is 15.5 Å². The first-order chi connectivity index (χ1) is 14.6. The Morgan fingerprint density at radius 1 is 1.07 bits per heavy atom. The average Bonchev–Trinajstić information content (AvgIpc) is 3.24. The maximum atomic E-state index is 12.7. The maximum absolute atomic E-state index is 12.7. The van der Waals surface area contributed by atoms with Crippen molar-refractivity contribution in [3.8, 4) is 23.0 Å². The summed E-state index contributed by atoms with van der Waals surface area (Å²) in [4.78, 5) is 12.7. The van der Waals surface area contributed by atoms with Crippen molar-refractivity contribution in [2.45, 2.75) is 10.9 Å². The van der Waals surface area contributed by atoms with E-state index in [0.29, 0.717) is 39.6 Å². The van der Waals surface area contributed by atoms with Crippen LogP contribution in [0.4, 0.5) is 11.5 Å². The van der Waals surface area contributed by atoms with Crippen LogP contribution in [0.2, 0.25) is 0 Å². The van der Waals surface area contributed by atoms with E-state index in [0.717, 1.165) is 5.56 Å². The van der Waals surface area contributed by atoms with Gasteiger partial charge < -0.3 is 24.3 Å². The summed E-state index contributed by atoms with van der Waals surface area (Å²) in [5.41, 5.74) is 1.39. The van der Waals surface area contributed by atoms with Gasteiger partial charge in [-0.2, -0.15) is 0 Å². The van der Waals surface area contributed by atoms with E-state index >= 15 is 0 Å². The standard InChI is InChI=1S/C20H20N4O5S/c1-24-19(25)18(21-13-5-7-15-17(9-13)29-11-28-15)22-23-20(24)30-10-12-4-6-14(26-2)16(8-12)27-3/h4-9H,10-11H2,1-3H3,(H,21,22). The van der Waals surface area contributed by atoms with Crippen LogP contribution in [-0.2, 0) is 12.8 Å². The van der Waals surface area contributed by atoms with Crippen LogP contribution in [0, 0.1) is 0 Å². The molecular formula is C20H20N4O5S.